The van der Waals surface area contributed by atoms with Crippen molar-refractivity contribution in [3.05, 3.63) is 33.8 Å². The van der Waals surface area contributed by atoms with E-state index >= 15 is 0 Å². The zero-order valence-electron chi connectivity index (χ0n) is 8.55. The van der Waals surface area contributed by atoms with E-state index in [-0.39, 0.29) is 5.54 Å². The van der Waals surface area contributed by atoms with Gasteiger partial charge in [0.05, 0.1) is 18.8 Å². The van der Waals surface area contributed by atoms with Crippen LogP contribution in [0.5, 0.6) is 0 Å². The third-order valence-corrected chi connectivity index (χ3v) is 3.96. The van der Waals surface area contributed by atoms with Crippen LogP contribution in [0.15, 0.2) is 22.7 Å². The minimum absolute atomic E-state index is 0.105. The summed E-state index contributed by atoms with van der Waals surface area (Å²) in [4.78, 5) is 0. The highest BCUT2D eigenvalue weighted by Gasteiger charge is 2.40. The Bertz CT molecular complexity index is 385. The van der Waals surface area contributed by atoms with Crippen LogP contribution in [0, 0.1) is 0 Å². The molecular formula is C12H14BrNO. The second-order valence-corrected chi connectivity index (χ2v) is 5.28. The lowest BCUT2D eigenvalue weighted by atomic mass is 9.92. The molecule has 2 nitrogen and oxygen atoms in total. The zero-order valence-corrected chi connectivity index (χ0v) is 10.1. The van der Waals surface area contributed by atoms with Crippen molar-refractivity contribution in [2.75, 3.05) is 19.8 Å². The van der Waals surface area contributed by atoms with Gasteiger partial charge in [0, 0.05) is 11.0 Å². The molecular weight excluding hydrogens is 254 g/mol. The van der Waals surface area contributed by atoms with E-state index in [2.05, 4.69) is 39.4 Å². The first-order valence-electron chi connectivity index (χ1n) is 5.42. The standard InChI is InChI=1S/C12H14BrNO/c13-10-1-2-11-9(7-10)3-4-12(11)8-15-6-5-14-12/h1-2,7,14H,3-6,8H2/t12-/m1/s1. The summed E-state index contributed by atoms with van der Waals surface area (Å²) in [5, 5.41) is 3.63. The van der Waals surface area contributed by atoms with Gasteiger partial charge in [0.1, 0.15) is 0 Å². The van der Waals surface area contributed by atoms with Crippen molar-refractivity contribution in [1.29, 1.82) is 0 Å². The number of hydrogen-bond acceptors (Lipinski definition) is 2. The number of benzene rings is 1. The minimum atomic E-state index is 0.105. The van der Waals surface area contributed by atoms with Crippen molar-refractivity contribution in [1.82, 2.24) is 5.32 Å². The van der Waals surface area contributed by atoms with E-state index in [0.717, 1.165) is 26.2 Å². The molecule has 0 saturated carbocycles. The van der Waals surface area contributed by atoms with Gasteiger partial charge in [-0.2, -0.15) is 0 Å². The first kappa shape index (κ1) is 9.82. The third kappa shape index (κ3) is 1.53. The molecule has 1 aromatic carbocycles. The maximum atomic E-state index is 5.62. The fraction of sp³-hybridized carbons (Fsp3) is 0.500. The molecule has 80 valence electrons. The zero-order chi connectivity index (χ0) is 10.3. The molecule has 0 amide bonds. The highest BCUT2D eigenvalue weighted by Crippen LogP contribution is 2.39. The second kappa shape index (κ2) is 3.58. The molecule has 1 fully saturated rings. The van der Waals surface area contributed by atoms with Crippen LogP contribution in [0.4, 0.5) is 0 Å². The minimum Gasteiger partial charge on any atom is -0.378 e. The van der Waals surface area contributed by atoms with E-state index in [4.69, 9.17) is 4.74 Å². The van der Waals surface area contributed by atoms with E-state index in [1.165, 1.54) is 22.0 Å². The Morgan fingerprint density at radius 1 is 1.40 bits per heavy atom. The number of hydrogen-bond donors (Lipinski definition) is 1. The van der Waals surface area contributed by atoms with Crippen molar-refractivity contribution in [2.24, 2.45) is 0 Å². The lowest BCUT2D eigenvalue weighted by Crippen LogP contribution is -2.50. The van der Waals surface area contributed by atoms with Crippen molar-refractivity contribution in [3.63, 3.8) is 0 Å². The monoisotopic (exact) mass is 267 g/mol. The number of nitrogens with one attached hydrogen (secondary N) is 1. The fourth-order valence-corrected chi connectivity index (χ4v) is 3.12. The predicted octanol–water partition coefficient (Wildman–Crippen LogP) is 2.21. The van der Waals surface area contributed by atoms with Gasteiger partial charge in [0.15, 0.2) is 0 Å². The molecule has 1 aliphatic carbocycles. The van der Waals surface area contributed by atoms with Gasteiger partial charge in [0.25, 0.3) is 0 Å². The van der Waals surface area contributed by atoms with Gasteiger partial charge >= 0.3 is 0 Å². The largest absolute Gasteiger partial charge is 0.378 e. The van der Waals surface area contributed by atoms with Crippen LogP contribution in [0.25, 0.3) is 0 Å². The average Bonchev–Trinajstić information content (AvgIpc) is 2.58. The highest BCUT2D eigenvalue weighted by molar-refractivity contribution is 9.10. The summed E-state index contributed by atoms with van der Waals surface area (Å²) in [6, 6.07) is 6.59. The van der Waals surface area contributed by atoms with Gasteiger partial charge in [-0.15, -0.1) is 0 Å². The molecule has 1 N–H and O–H groups in total. The van der Waals surface area contributed by atoms with Gasteiger partial charge in [-0.25, -0.2) is 0 Å². The van der Waals surface area contributed by atoms with Gasteiger partial charge < -0.3 is 10.1 Å². The first-order chi connectivity index (χ1) is 7.30. The molecule has 0 bridgehead atoms. The number of fused-ring (bicyclic) bond motifs is 2. The summed E-state index contributed by atoms with van der Waals surface area (Å²) in [6.07, 6.45) is 2.32. The second-order valence-electron chi connectivity index (χ2n) is 4.36. The summed E-state index contributed by atoms with van der Waals surface area (Å²) in [7, 11) is 0. The van der Waals surface area contributed by atoms with Crippen LogP contribution >= 0.6 is 15.9 Å². The SMILES string of the molecule is Brc1ccc2c(c1)CC[C@@]21COCCN1. The quantitative estimate of drug-likeness (QED) is 0.779. The predicted molar refractivity (Wildman–Crippen MR) is 63.0 cm³/mol. The van der Waals surface area contributed by atoms with E-state index in [0.29, 0.717) is 0 Å². The highest BCUT2D eigenvalue weighted by atomic mass is 79.9. The molecule has 1 saturated heterocycles. The van der Waals surface area contributed by atoms with Gasteiger partial charge in [-0.05, 0) is 36.1 Å². The van der Waals surface area contributed by atoms with E-state index in [1.54, 1.807) is 0 Å². The molecule has 1 spiro atoms. The Morgan fingerprint density at radius 2 is 2.33 bits per heavy atom. The molecule has 0 unspecified atom stereocenters. The fourth-order valence-electron chi connectivity index (χ4n) is 2.71. The van der Waals surface area contributed by atoms with Crippen LogP contribution in [0.1, 0.15) is 17.5 Å². The molecule has 1 atom stereocenters. The number of ether oxygens (including phenoxy) is 1. The van der Waals surface area contributed by atoms with Crippen LogP contribution in [-0.2, 0) is 16.7 Å². The van der Waals surface area contributed by atoms with Crippen LogP contribution in [-0.4, -0.2) is 19.8 Å². The van der Waals surface area contributed by atoms with E-state index in [1.807, 2.05) is 0 Å². The number of morpholine rings is 1. The third-order valence-electron chi connectivity index (χ3n) is 3.46. The van der Waals surface area contributed by atoms with Gasteiger partial charge in [-0.3, -0.25) is 0 Å². The molecule has 0 aromatic heterocycles. The summed E-state index contributed by atoms with van der Waals surface area (Å²) in [5.41, 5.74) is 3.00. The maximum Gasteiger partial charge on any atom is 0.0691 e. The summed E-state index contributed by atoms with van der Waals surface area (Å²) in [6.45, 7) is 2.63. The van der Waals surface area contributed by atoms with Gasteiger partial charge in [-0.1, -0.05) is 22.0 Å². The van der Waals surface area contributed by atoms with Crippen LogP contribution in [0.2, 0.25) is 0 Å². The number of halogens is 1. The Kier molecular flexibility index (Phi) is 2.34. The molecule has 1 heterocycles. The molecule has 2 aliphatic rings. The van der Waals surface area contributed by atoms with Crippen molar-refractivity contribution in [3.8, 4) is 0 Å². The number of aryl methyl sites for hydroxylation is 1. The lowest BCUT2D eigenvalue weighted by molar-refractivity contribution is 0.0260. The Hall–Kier alpha value is -0.380. The lowest BCUT2D eigenvalue weighted by Gasteiger charge is -2.35. The van der Waals surface area contributed by atoms with Crippen LogP contribution in [0.3, 0.4) is 0 Å². The average molecular weight is 268 g/mol. The molecule has 1 aliphatic heterocycles. The normalized spacial score (nSPS) is 29.4. The maximum absolute atomic E-state index is 5.62. The smallest absolute Gasteiger partial charge is 0.0691 e. The van der Waals surface area contributed by atoms with Gasteiger partial charge in [0.2, 0.25) is 0 Å². The summed E-state index contributed by atoms with van der Waals surface area (Å²) < 4.78 is 6.80. The van der Waals surface area contributed by atoms with Crippen molar-refractivity contribution in [2.45, 2.75) is 18.4 Å². The van der Waals surface area contributed by atoms with E-state index in [9.17, 15) is 0 Å². The molecule has 1 aromatic rings. The molecule has 0 radical (unpaired) electrons. The summed E-state index contributed by atoms with van der Waals surface area (Å²) >= 11 is 3.53. The Balaban J connectivity index is 2.03. The van der Waals surface area contributed by atoms with Crippen molar-refractivity contribution < 1.29 is 4.74 Å². The van der Waals surface area contributed by atoms with Crippen LogP contribution < -0.4 is 5.32 Å². The molecule has 3 rings (SSSR count). The van der Waals surface area contributed by atoms with Crippen molar-refractivity contribution >= 4 is 15.9 Å². The Morgan fingerprint density at radius 3 is 3.13 bits per heavy atom. The summed E-state index contributed by atoms with van der Waals surface area (Å²) in [5.74, 6) is 0. The molecule has 15 heavy (non-hydrogen) atoms. The topological polar surface area (TPSA) is 21.3 Å². The Labute approximate surface area is 98.1 Å². The van der Waals surface area contributed by atoms with E-state index < -0.39 is 0 Å². The molecule has 3 heteroatoms. The first-order valence-corrected chi connectivity index (χ1v) is 6.21. The number of rotatable bonds is 0.